The predicted molar refractivity (Wildman–Crippen MR) is 52.5 cm³/mol. The maximum Gasteiger partial charge on any atom is -0.0352 e. The van der Waals surface area contributed by atoms with Gasteiger partial charge in [-0.1, -0.05) is 32.1 Å². The van der Waals surface area contributed by atoms with Crippen LogP contribution in [0.15, 0.2) is 0 Å². The first-order valence-corrected chi connectivity index (χ1v) is 5.62. The summed E-state index contributed by atoms with van der Waals surface area (Å²) in [6.07, 6.45) is 16.7. The van der Waals surface area contributed by atoms with E-state index in [1.165, 1.54) is 51.4 Å². The van der Waals surface area contributed by atoms with Crippen LogP contribution >= 0.6 is 0 Å². The van der Waals surface area contributed by atoms with Gasteiger partial charge in [0.2, 0.25) is 0 Å². The Balaban J connectivity index is 1.80. The smallest absolute Gasteiger partial charge is 0.0352 e. The maximum atomic E-state index is 2.60. The zero-order valence-corrected chi connectivity index (χ0v) is 7.97. The van der Waals surface area contributed by atoms with Crippen molar-refractivity contribution in [2.75, 3.05) is 0 Å². The summed E-state index contributed by atoms with van der Waals surface area (Å²) in [5, 5.41) is 0. The van der Waals surface area contributed by atoms with Gasteiger partial charge < -0.3 is 0 Å². The van der Waals surface area contributed by atoms with E-state index in [-0.39, 0.29) is 0 Å². The van der Waals surface area contributed by atoms with Gasteiger partial charge in [0.15, 0.2) is 0 Å². The summed E-state index contributed by atoms with van der Waals surface area (Å²) in [5.74, 6) is 2.01. The standard InChI is InChI=1S/C12H20/c1-3-7-11(8-4-1)12-9-5-2-6-10-12/h3,9,11-12H,1-2,4-8,10H2. The monoisotopic (exact) mass is 164 g/mol. The zero-order chi connectivity index (χ0) is 8.23. The first kappa shape index (κ1) is 8.59. The molecule has 68 valence electrons. The minimum atomic E-state index is 0.982. The van der Waals surface area contributed by atoms with Crippen molar-refractivity contribution in [3.8, 4) is 0 Å². The highest BCUT2D eigenvalue weighted by Crippen LogP contribution is 2.37. The molecule has 12 heavy (non-hydrogen) atoms. The summed E-state index contributed by atoms with van der Waals surface area (Å²) in [6, 6.07) is 0. The molecule has 0 aromatic rings. The van der Waals surface area contributed by atoms with Crippen molar-refractivity contribution >= 4 is 0 Å². The summed E-state index contributed by atoms with van der Waals surface area (Å²) < 4.78 is 0. The van der Waals surface area contributed by atoms with Crippen molar-refractivity contribution in [3.05, 3.63) is 12.8 Å². The molecular formula is C12H20. The normalized spacial score (nSPS) is 29.0. The van der Waals surface area contributed by atoms with Crippen LogP contribution in [0.4, 0.5) is 0 Å². The lowest BCUT2D eigenvalue weighted by molar-refractivity contribution is 0.266. The van der Waals surface area contributed by atoms with Crippen molar-refractivity contribution < 1.29 is 0 Å². The van der Waals surface area contributed by atoms with Gasteiger partial charge in [-0.25, -0.2) is 0 Å². The second kappa shape index (κ2) is 4.30. The summed E-state index contributed by atoms with van der Waals surface area (Å²) in [7, 11) is 0. The van der Waals surface area contributed by atoms with Crippen LogP contribution in [0.5, 0.6) is 0 Å². The zero-order valence-electron chi connectivity index (χ0n) is 7.97. The molecule has 2 saturated carbocycles. The second-order valence-electron chi connectivity index (χ2n) is 4.40. The van der Waals surface area contributed by atoms with E-state index in [1.54, 1.807) is 0 Å². The number of rotatable bonds is 1. The summed E-state index contributed by atoms with van der Waals surface area (Å²) in [6.45, 7) is 0. The van der Waals surface area contributed by atoms with E-state index in [2.05, 4.69) is 12.8 Å². The fourth-order valence-electron chi connectivity index (χ4n) is 2.77. The third kappa shape index (κ3) is 2.02. The first-order chi connectivity index (χ1) is 5.97. The second-order valence-corrected chi connectivity index (χ2v) is 4.40. The highest BCUT2D eigenvalue weighted by molar-refractivity contribution is 4.90. The van der Waals surface area contributed by atoms with E-state index in [1.807, 2.05) is 0 Å². The van der Waals surface area contributed by atoms with Crippen LogP contribution in [0.25, 0.3) is 0 Å². The fraction of sp³-hybridized carbons (Fsp3) is 0.833. The Morgan fingerprint density at radius 3 is 2.58 bits per heavy atom. The van der Waals surface area contributed by atoms with Gasteiger partial charge in [-0.05, 0) is 43.9 Å². The Morgan fingerprint density at radius 2 is 1.92 bits per heavy atom. The highest BCUT2D eigenvalue weighted by Gasteiger charge is 2.24. The molecule has 2 rings (SSSR count). The lowest BCUT2D eigenvalue weighted by Crippen LogP contribution is -2.20. The topological polar surface area (TPSA) is 0 Å². The van der Waals surface area contributed by atoms with Crippen LogP contribution in [-0.2, 0) is 0 Å². The van der Waals surface area contributed by atoms with Crippen molar-refractivity contribution in [1.82, 2.24) is 0 Å². The molecule has 0 aromatic carbocycles. The molecule has 2 atom stereocenters. The molecule has 2 unspecified atom stereocenters. The molecule has 2 fully saturated rings. The first-order valence-electron chi connectivity index (χ1n) is 5.62. The molecule has 0 N–H and O–H groups in total. The Bertz CT molecular complexity index is 100. The van der Waals surface area contributed by atoms with Crippen LogP contribution in [-0.4, -0.2) is 0 Å². The van der Waals surface area contributed by atoms with Gasteiger partial charge >= 0.3 is 0 Å². The van der Waals surface area contributed by atoms with Crippen molar-refractivity contribution in [3.63, 3.8) is 0 Å². The Labute approximate surface area is 76.7 Å². The Morgan fingerprint density at radius 1 is 0.917 bits per heavy atom. The molecule has 0 aliphatic heterocycles. The molecule has 0 heterocycles. The average Bonchev–Trinajstić information content (AvgIpc) is 2.21. The van der Waals surface area contributed by atoms with E-state index >= 15 is 0 Å². The fourth-order valence-corrected chi connectivity index (χ4v) is 2.77. The molecule has 0 spiro atoms. The molecule has 0 saturated heterocycles. The van der Waals surface area contributed by atoms with E-state index in [9.17, 15) is 0 Å². The van der Waals surface area contributed by atoms with Gasteiger partial charge in [0.05, 0.1) is 0 Å². The van der Waals surface area contributed by atoms with Crippen LogP contribution in [0.1, 0.15) is 51.4 Å². The minimum Gasteiger partial charge on any atom is -0.0530 e. The lowest BCUT2D eigenvalue weighted by atomic mass is 9.73. The van der Waals surface area contributed by atoms with Gasteiger partial charge in [-0.2, -0.15) is 0 Å². The quantitative estimate of drug-likeness (QED) is 0.553. The average molecular weight is 164 g/mol. The third-order valence-electron chi connectivity index (χ3n) is 3.52. The van der Waals surface area contributed by atoms with E-state index in [4.69, 9.17) is 0 Å². The lowest BCUT2D eigenvalue weighted by Gasteiger charge is -2.32. The van der Waals surface area contributed by atoms with Gasteiger partial charge in [-0.3, -0.25) is 0 Å². The third-order valence-corrected chi connectivity index (χ3v) is 3.52. The van der Waals surface area contributed by atoms with Crippen molar-refractivity contribution in [1.29, 1.82) is 0 Å². The van der Waals surface area contributed by atoms with Crippen LogP contribution < -0.4 is 0 Å². The summed E-state index contributed by atoms with van der Waals surface area (Å²) in [5.41, 5.74) is 0. The van der Waals surface area contributed by atoms with E-state index < -0.39 is 0 Å². The SMILES string of the molecule is [CH]1CCCC(C2[CH]CCCC2)C1. The van der Waals surface area contributed by atoms with E-state index in [0.717, 1.165) is 11.8 Å². The summed E-state index contributed by atoms with van der Waals surface area (Å²) in [4.78, 5) is 0. The largest absolute Gasteiger partial charge is 0.0530 e. The Kier molecular flexibility index (Phi) is 3.08. The van der Waals surface area contributed by atoms with Crippen molar-refractivity contribution in [2.24, 2.45) is 11.8 Å². The summed E-state index contributed by atoms with van der Waals surface area (Å²) >= 11 is 0. The van der Waals surface area contributed by atoms with Gasteiger partial charge in [-0.15, -0.1) is 0 Å². The minimum absolute atomic E-state index is 0.982. The van der Waals surface area contributed by atoms with Crippen molar-refractivity contribution in [2.45, 2.75) is 51.4 Å². The molecule has 2 aliphatic rings. The number of hydrogen-bond donors (Lipinski definition) is 0. The molecule has 0 amide bonds. The highest BCUT2D eigenvalue weighted by atomic mass is 14.3. The van der Waals surface area contributed by atoms with E-state index in [0.29, 0.717) is 0 Å². The molecule has 2 radical (unpaired) electrons. The van der Waals surface area contributed by atoms with Gasteiger partial charge in [0.25, 0.3) is 0 Å². The molecular weight excluding hydrogens is 144 g/mol. The molecule has 0 aromatic heterocycles. The Hall–Kier alpha value is 0. The number of hydrogen-bond acceptors (Lipinski definition) is 0. The predicted octanol–water partition coefficient (Wildman–Crippen LogP) is 3.78. The molecule has 0 heteroatoms. The molecule has 2 aliphatic carbocycles. The van der Waals surface area contributed by atoms with Crippen LogP contribution in [0.2, 0.25) is 0 Å². The van der Waals surface area contributed by atoms with Crippen LogP contribution in [0.3, 0.4) is 0 Å². The maximum absolute atomic E-state index is 2.60. The molecule has 0 nitrogen and oxygen atoms in total. The van der Waals surface area contributed by atoms with Crippen LogP contribution in [0, 0.1) is 24.7 Å². The molecule has 0 bridgehead atoms. The van der Waals surface area contributed by atoms with Gasteiger partial charge in [0, 0.05) is 0 Å². The van der Waals surface area contributed by atoms with Gasteiger partial charge in [0.1, 0.15) is 0 Å².